The number of hydrogen-bond acceptors (Lipinski definition) is 4. The molecular weight excluding hydrogens is 318 g/mol. The van der Waals surface area contributed by atoms with Crippen LogP contribution in [0.25, 0.3) is 12.2 Å². The van der Waals surface area contributed by atoms with Gasteiger partial charge in [-0.3, -0.25) is 4.98 Å². The summed E-state index contributed by atoms with van der Waals surface area (Å²) in [4.78, 5) is 15.8. The molecule has 0 unspecified atom stereocenters. The van der Waals surface area contributed by atoms with E-state index in [1.165, 1.54) is 7.11 Å². The maximum absolute atomic E-state index is 11.7. The van der Waals surface area contributed by atoms with Crippen molar-refractivity contribution in [2.24, 2.45) is 0 Å². The number of phenols is 1. The van der Waals surface area contributed by atoms with Gasteiger partial charge in [-0.25, -0.2) is 4.79 Å². The second-order valence-electron chi connectivity index (χ2n) is 5.72. The number of benzene rings is 1. The number of hydrogen-bond donors (Lipinski definition) is 2. The Morgan fingerprint density at radius 1 is 1.36 bits per heavy atom. The van der Waals surface area contributed by atoms with Gasteiger partial charge in [0.2, 0.25) is 0 Å². The third-order valence-corrected chi connectivity index (χ3v) is 3.75. The van der Waals surface area contributed by atoms with Crippen molar-refractivity contribution in [2.75, 3.05) is 7.11 Å². The van der Waals surface area contributed by atoms with Crippen molar-refractivity contribution in [2.45, 2.75) is 19.8 Å². The third kappa shape index (κ3) is 4.47. The first-order valence-corrected chi connectivity index (χ1v) is 7.83. The van der Waals surface area contributed by atoms with Gasteiger partial charge in [0, 0.05) is 11.8 Å². The topological polar surface area (TPSA) is 79.7 Å². The smallest absolute Gasteiger partial charge is 0.340 e. The minimum Gasteiger partial charge on any atom is -0.507 e. The van der Waals surface area contributed by atoms with Gasteiger partial charge in [0.15, 0.2) is 0 Å². The number of carboxylic acids is 1. The summed E-state index contributed by atoms with van der Waals surface area (Å²) >= 11 is 0. The number of carboxylic acid groups (broad SMARTS) is 1. The Kier molecular flexibility index (Phi) is 5.95. The maximum atomic E-state index is 11.7. The Labute approximate surface area is 146 Å². The quantitative estimate of drug-likeness (QED) is 0.740. The summed E-state index contributed by atoms with van der Waals surface area (Å²) < 4.78 is 5.35. The van der Waals surface area contributed by atoms with Crippen molar-refractivity contribution in [1.82, 2.24) is 4.98 Å². The van der Waals surface area contributed by atoms with Gasteiger partial charge in [0.1, 0.15) is 17.1 Å². The van der Waals surface area contributed by atoms with Crippen LogP contribution in [0, 0.1) is 0 Å². The number of methoxy groups -OCH3 is 1. The Hall–Kier alpha value is -3.08. The van der Waals surface area contributed by atoms with E-state index in [0.717, 1.165) is 5.57 Å². The molecule has 0 aliphatic carbocycles. The highest BCUT2D eigenvalue weighted by Gasteiger charge is 2.21. The van der Waals surface area contributed by atoms with Crippen molar-refractivity contribution in [1.29, 1.82) is 0 Å². The van der Waals surface area contributed by atoms with E-state index < -0.39 is 5.97 Å². The van der Waals surface area contributed by atoms with E-state index in [2.05, 4.69) is 11.6 Å². The van der Waals surface area contributed by atoms with E-state index in [1.54, 1.807) is 36.5 Å². The number of aromatic nitrogens is 1. The summed E-state index contributed by atoms with van der Waals surface area (Å²) in [5, 5.41) is 20.1. The highest BCUT2D eigenvalue weighted by atomic mass is 16.5. The molecule has 2 aromatic rings. The van der Waals surface area contributed by atoms with Gasteiger partial charge >= 0.3 is 5.97 Å². The summed E-state index contributed by atoms with van der Waals surface area (Å²) in [6, 6.07) is 7.06. The zero-order valence-electron chi connectivity index (χ0n) is 14.3. The lowest BCUT2D eigenvalue weighted by Crippen LogP contribution is -2.05. The standard InChI is InChI=1S/C20H21NO4/c1-13(2)7-10-16-17(25-3)12-14(18(19(16)22)20(23)24)8-9-15-6-4-5-11-21-15/h4-6,8-9,11-12,22H,1,7,10H2,2-3H3,(H,23,24). The van der Waals surface area contributed by atoms with E-state index >= 15 is 0 Å². The molecule has 1 aromatic carbocycles. The minimum atomic E-state index is -1.20. The average Bonchev–Trinajstić information content (AvgIpc) is 2.58. The van der Waals surface area contributed by atoms with Crippen molar-refractivity contribution < 1.29 is 19.7 Å². The van der Waals surface area contributed by atoms with Gasteiger partial charge in [-0.05, 0) is 49.6 Å². The lowest BCUT2D eigenvalue weighted by atomic mass is 9.96. The number of aromatic hydroxyl groups is 1. The number of nitrogens with zero attached hydrogens (tertiary/aromatic N) is 1. The second-order valence-corrected chi connectivity index (χ2v) is 5.72. The summed E-state index contributed by atoms with van der Waals surface area (Å²) in [6.45, 7) is 5.72. The summed E-state index contributed by atoms with van der Waals surface area (Å²) in [7, 11) is 1.49. The normalized spacial score (nSPS) is 10.8. The molecule has 1 heterocycles. The van der Waals surface area contributed by atoms with Crippen LogP contribution in [0.1, 0.15) is 40.5 Å². The summed E-state index contributed by atoms with van der Waals surface area (Å²) in [6.07, 6.45) is 6.03. The molecule has 0 aliphatic heterocycles. The van der Waals surface area contributed by atoms with Crippen molar-refractivity contribution >= 4 is 18.1 Å². The number of aromatic carboxylic acids is 1. The van der Waals surface area contributed by atoms with Crippen LogP contribution in [0.15, 0.2) is 42.6 Å². The van der Waals surface area contributed by atoms with Gasteiger partial charge in [0.05, 0.1) is 12.8 Å². The molecule has 0 bridgehead atoms. The molecule has 0 saturated carbocycles. The molecule has 0 atom stereocenters. The zero-order chi connectivity index (χ0) is 18.4. The number of rotatable bonds is 7. The highest BCUT2D eigenvalue weighted by Crippen LogP contribution is 2.36. The Morgan fingerprint density at radius 3 is 2.68 bits per heavy atom. The molecular formula is C20H21NO4. The third-order valence-electron chi connectivity index (χ3n) is 3.75. The van der Waals surface area contributed by atoms with Gasteiger partial charge in [-0.1, -0.05) is 17.7 Å². The Bertz CT molecular complexity index is 810. The van der Waals surface area contributed by atoms with Crippen LogP contribution in [0.4, 0.5) is 0 Å². The van der Waals surface area contributed by atoms with Gasteiger partial charge in [-0.15, -0.1) is 6.58 Å². The highest BCUT2D eigenvalue weighted by molar-refractivity contribution is 5.97. The van der Waals surface area contributed by atoms with Crippen LogP contribution in [0.2, 0.25) is 0 Å². The molecule has 5 heteroatoms. The second kappa shape index (κ2) is 8.15. The van der Waals surface area contributed by atoms with Crippen molar-refractivity contribution in [3.05, 3.63) is 65.0 Å². The molecule has 1 aromatic heterocycles. The van der Waals surface area contributed by atoms with Crippen LogP contribution < -0.4 is 4.74 Å². The van der Waals surface area contributed by atoms with Crippen LogP contribution in [-0.4, -0.2) is 28.3 Å². The van der Waals surface area contributed by atoms with Crippen LogP contribution in [0.3, 0.4) is 0 Å². The fourth-order valence-corrected chi connectivity index (χ4v) is 2.47. The molecule has 5 nitrogen and oxygen atoms in total. The first-order chi connectivity index (χ1) is 11.9. The number of pyridine rings is 1. The van der Waals surface area contributed by atoms with Gasteiger partial charge < -0.3 is 14.9 Å². The van der Waals surface area contributed by atoms with Gasteiger partial charge in [0.25, 0.3) is 0 Å². The number of carbonyl (C=O) groups is 1. The van der Waals surface area contributed by atoms with E-state index in [0.29, 0.717) is 35.4 Å². The molecule has 25 heavy (non-hydrogen) atoms. The Balaban J connectivity index is 2.52. The lowest BCUT2D eigenvalue weighted by Gasteiger charge is -2.15. The van der Waals surface area contributed by atoms with E-state index in [1.807, 2.05) is 13.0 Å². The zero-order valence-corrected chi connectivity index (χ0v) is 14.3. The molecule has 0 aliphatic rings. The molecule has 0 fully saturated rings. The van der Waals surface area contributed by atoms with E-state index in [4.69, 9.17) is 4.74 Å². The molecule has 0 saturated heterocycles. The Morgan fingerprint density at radius 2 is 2.12 bits per heavy atom. The van der Waals surface area contributed by atoms with E-state index in [9.17, 15) is 15.0 Å². The van der Waals surface area contributed by atoms with Crippen molar-refractivity contribution in [3.8, 4) is 11.5 Å². The van der Waals surface area contributed by atoms with Gasteiger partial charge in [-0.2, -0.15) is 0 Å². The van der Waals surface area contributed by atoms with Crippen LogP contribution >= 0.6 is 0 Å². The molecule has 0 amide bonds. The summed E-state index contributed by atoms with van der Waals surface area (Å²) in [5.74, 6) is -1.02. The van der Waals surface area contributed by atoms with Crippen LogP contribution in [-0.2, 0) is 6.42 Å². The molecule has 2 N–H and O–H groups in total. The van der Waals surface area contributed by atoms with E-state index in [-0.39, 0.29) is 11.3 Å². The number of allylic oxidation sites excluding steroid dienone is 1. The van der Waals surface area contributed by atoms with Crippen molar-refractivity contribution in [3.63, 3.8) is 0 Å². The van der Waals surface area contributed by atoms with Crippen LogP contribution in [0.5, 0.6) is 11.5 Å². The SMILES string of the molecule is C=C(C)CCc1c(OC)cc(C=Cc2ccccn2)c(C(=O)O)c1O. The molecule has 2 rings (SSSR count). The largest absolute Gasteiger partial charge is 0.507 e. The predicted molar refractivity (Wildman–Crippen MR) is 97.9 cm³/mol. The first kappa shape index (κ1) is 18.3. The number of ether oxygens (including phenoxy) is 1. The average molecular weight is 339 g/mol. The fraction of sp³-hybridized carbons (Fsp3) is 0.200. The molecule has 0 radical (unpaired) electrons. The fourth-order valence-electron chi connectivity index (χ4n) is 2.47. The lowest BCUT2D eigenvalue weighted by molar-refractivity contribution is 0.0693. The molecule has 130 valence electrons. The monoisotopic (exact) mass is 339 g/mol. The minimum absolute atomic E-state index is 0.148. The summed E-state index contributed by atoms with van der Waals surface area (Å²) in [5.41, 5.74) is 2.30. The maximum Gasteiger partial charge on any atom is 0.340 e. The molecule has 0 spiro atoms. The predicted octanol–water partition coefficient (Wildman–Crippen LogP) is 4.17. The first-order valence-electron chi connectivity index (χ1n) is 7.83.